The number of anilines is 1. The average molecular weight is 263 g/mol. The highest BCUT2D eigenvalue weighted by Gasteiger charge is 2.15. The van der Waals surface area contributed by atoms with E-state index in [1.165, 1.54) is 5.56 Å². The van der Waals surface area contributed by atoms with Gasteiger partial charge in [-0.3, -0.25) is 0 Å². The van der Waals surface area contributed by atoms with Crippen molar-refractivity contribution in [3.05, 3.63) is 23.4 Å². The maximum atomic E-state index is 4.66. The first kappa shape index (κ1) is 16.0. The van der Waals surface area contributed by atoms with Crippen molar-refractivity contribution in [2.24, 2.45) is 5.92 Å². The molecule has 3 nitrogen and oxygen atoms in total. The minimum atomic E-state index is 0.486. The molecule has 0 amide bonds. The number of aromatic nitrogens is 1. The van der Waals surface area contributed by atoms with E-state index in [0.717, 1.165) is 18.1 Å². The van der Waals surface area contributed by atoms with Crippen molar-refractivity contribution in [2.75, 3.05) is 11.9 Å². The molecule has 1 aromatic heterocycles. The monoisotopic (exact) mass is 263 g/mol. The van der Waals surface area contributed by atoms with Crippen LogP contribution in [0.1, 0.15) is 45.9 Å². The van der Waals surface area contributed by atoms with Crippen molar-refractivity contribution in [1.29, 1.82) is 0 Å². The van der Waals surface area contributed by atoms with Gasteiger partial charge in [0, 0.05) is 31.4 Å². The molecule has 0 aromatic carbocycles. The number of hydrogen-bond acceptors (Lipinski definition) is 3. The highest BCUT2D eigenvalue weighted by molar-refractivity contribution is 5.43. The summed E-state index contributed by atoms with van der Waals surface area (Å²) < 4.78 is 0. The quantitative estimate of drug-likeness (QED) is 0.853. The summed E-state index contributed by atoms with van der Waals surface area (Å²) in [6.07, 6.45) is 0. The maximum absolute atomic E-state index is 4.66. The van der Waals surface area contributed by atoms with Gasteiger partial charge in [-0.05, 0) is 37.5 Å². The summed E-state index contributed by atoms with van der Waals surface area (Å²) in [5.74, 6) is 1.69. The average Bonchev–Trinajstić information content (AvgIpc) is 2.33. The Balaban J connectivity index is 2.89. The van der Waals surface area contributed by atoms with Gasteiger partial charge in [-0.1, -0.05) is 27.7 Å². The lowest BCUT2D eigenvalue weighted by atomic mass is 10.1. The summed E-state index contributed by atoms with van der Waals surface area (Å²) in [5.41, 5.74) is 2.39. The fraction of sp³-hybridized carbons (Fsp3) is 0.688. The number of nitrogens with zero attached hydrogens (tertiary/aromatic N) is 2. The molecule has 1 atom stereocenters. The number of nitrogens with one attached hydrogen (secondary N) is 1. The summed E-state index contributed by atoms with van der Waals surface area (Å²) in [6.45, 7) is 14.1. The van der Waals surface area contributed by atoms with Crippen LogP contribution in [-0.2, 0) is 6.54 Å². The third-order valence-electron chi connectivity index (χ3n) is 3.65. The molecule has 0 aliphatic carbocycles. The van der Waals surface area contributed by atoms with Crippen LogP contribution in [0.15, 0.2) is 12.1 Å². The highest BCUT2D eigenvalue weighted by atomic mass is 15.2. The Bertz CT molecular complexity index is 399. The van der Waals surface area contributed by atoms with Crippen molar-refractivity contribution in [1.82, 2.24) is 10.3 Å². The highest BCUT2D eigenvalue weighted by Crippen LogP contribution is 2.19. The molecule has 0 fully saturated rings. The van der Waals surface area contributed by atoms with Gasteiger partial charge < -0.3 is 10.2 Å². The van der Waals surface area contributed by atoms with Gasteiger partial charge in [-0.2, -0.15) is 0 Å². The molecular weight excluding hydrogens is 234 g/mol. The lowest BCUT2D eigenvalue weighted by Gasteiger charge is -2.29. The fourth-order valence-corrected chi connectivity index (χ4v) is 1.98. The minimum absolute atomic E-state index is 0.486. The molecule has 1 heterocycles. The van der Waals surface area contributed by atoms with E-state index in [-0.39, 0.29) is 0 Å². The Labute approximate surface area is 118 Å². The van der Waals surface area contributed by atoms with Crippen LogP contribution in [-0.4, -0.2) is 24.1 Å². The summed E-state index contributed by atoms with van der Waals surface area (Å²) in [4.78, 5) is 6.94. The first-order chi connectivity index (χ1) is 8.81. The lowest BCUT2D eigenvalue weighted by Crippen LogP contribution is -2.34. The molecule has 19 heavy (non-hydrogen) atoms. The van der Waals surface area contributed by atoms with E-state index in [2.05, 4.69) is 75.9 Å². The second-order valence-electron chi connectivity index (χ2n) is 6.11. The van der Waals surface area contributed by atoms with Crippen molar-refractivity contribution in [2.45, 2.75) is 60.2 Å². The molecule has 1 aromatic rings. The third kappa shape index (κ3) is 4.83. The zero-order valence-corrected chi connectivity index (χ0v) is 13.5. The van der Waals surface area contributed by atoms with Gasteiger partial charge >= 0.3 is 0 Å². The van der Waals surface area contributed by atoms with Crippen molar-refractivity contribution in [3.63, 3.8) is 0 Å². The standard InChI is InChI=1S/C16H29N3/c1-11(2)14(6)19(7)16-9-15(8-13(5)18-16)10-17-12(3)4/h8-9,11-12,14,17H,10H2,1-7H3. The second kappa shape index (κ2) is 6.90. The van der Waals surface area contributed by atoms with Gasteiger partial charge in [0.05, 0.1) is 0 Å². The number of hydrogen-bond donors (Lipinski definition) is 1. The normalized spacial score (nSPS) is 13.1. The van der Waals surface area contributed by atoms with Gasteiger partial charge in [0.15, 0.2) is 0 Å². The maximum Gasteiger partial charge on any atom is 0.129 e. The summed E-state index contributed by atoms with van der Waals surface area (Å²) in [7, 11) is 2.13. The molecule has 3 heteroatoms. The van der Waals surface area contributed by atoms with Gasteiger partial charge in [-0.25, -0.2) is 4.98 Å². The van der Waals surface area contributed by atoms with Crippen LogP contribution in [0.25, 0.3) is 0 Å². The topological polar surface area (TPSA) is 28.2 Å². The Morgan fingerprint density at radius 1 is 1.16 bits per heavy atom. The predicted octanol–water partition coefficient (Wildman–Crippen LogP) is 3.37. The van der Waals surface area contributed by atoms with Crippen molar-refractivity contribution >= 4 is 5.82 Å². The largest absolute Gasteiger partial charge is 0.357 e. The van der Waals surface area contributed by atoms with Gasteiger partial charge in [0.25, 0.3) is 0 Å². The Morgan fingerprint density at radius 3 is 2.32 bits per heavy atom. The Morgan fingerprint density at radius 2 is 1.79 bits per heavy atom. The smallest absolute Gasteiger partial charge is 0.129 e. The van der Waals surface area contributed by atoms with Crippen LogP contribution in [0.5, 0.6) is 0 Å². The lowest BCUT2D eigenvalue weighted by molar-refractivity contribution is 0.502. The van der Waals surface area contributed by atoms with E-state index in [0.29, 0.717) is 18.0 Å². The van der Waals surface area contributed by atoms with E-state index in [1.807, 2.05) is 0 Å². The molecule has 1 unspecified atom stereocenters. The fourth-order valence-electron chi connectivity index (χ4n) is 1.98. The molecule has 1 rings (SSSR count). The summed E-state index contributed by atoms with van der Waals surface area (Å²) >= 11 is 0. The van der Waals surface area contributed by atoms with Crippen LogP contribution < -0.4 is 10.2 Å². The molecule has 0 saturated heterocycles. The first-order valence-corrected chi connectivity index (χ1v) is 7.25. The van der Waals surface area contributed by atoms with Crippen LogP contribution in [0.2, 0.25) is 0 Å². The van der Waals surface area contributed by atoms with Crippen molar-refractivity contribution in [3.8, 4) is 0 Å². The molecule has 0 aliphatic heterocycles. The number of aryl methyl sites for hydroxylation is 1. The van der Waals surface area contributed by atoms with E-state index in [4.69, 9.17) is 0 Å². The van der Waals surface area contributed by atoms with Crippen LogP contribution in [0.4, 0.5) is 5.82 Å². The van der Waals surface area contributed by atoms with Crippen LogP contribution in [0, 0.1) is 12.8 Å². The Hall–Kier alpha value is -1.09. The minimum Gasteiger partial charge on any atom is -0.357 e. The zero-order valence-electron chi connectivity index (χ0n) is 13.5. The van der Waals surface area contributed by atoms with Crippen molar-refractivity contribution < 1.29 is 0 Å². The Kier molecular flexibility index (Phi) is 5.80. The SMILES string of the molecule is Cc1cc(CNC(C)C)cc(N(C)C(C)C(C)C)n1. The van der Waals surface area contributed by atoms with E-state index < -0.39 is 0 Å². The third-order valence-corrected chi connectivity index (χ3v) is 3.65. The number of rotatable bonds is 6. The van der Waals surface area contributed by atoms with E-state index in [9.17, 15) is 0 Å². The molecule has 0 spiro atoms. The van der Waals surface area contributed by atoms with Gasteiger partial charge in [0.1, 0.15) is 5.82 Å². The molecule has 0 saturated carbocycles. The molecule has 1 N–H and O–H groups in total. The molecule has 0 bridgehead atoms. The van der Waals surface area contributed by atoms with Gasteiger partial charge in [-0.15, -0.1) is 0 Å². The zero-order chi connectivity index (χ0) is 14.6. The molecule has 108 valence electrons. The molecular formula is C16H29N3. The van der Waals surface area contributed by atoms with E-state index >= 15 is 0 Å². The second-order valence-corrected chi connectivity index (χ2v) is 6.11. The molecule has 0 radical (unpaired) electrons. The predicted molar refractivity (Wildman–Crippen MR) is 83.7 cm³/mol. The van der Waals surface area contributed by atoms with Gasteiger partial charge in [0.2, 0.25) is 0 Å². The summed E-state index contributed by atoms with van der Waals surface area (Å²) in [6, 6.07) is 5.35. The first-order valence-electron chi connectivity index (χ1n) is 7.25. The molecule has 0 aliphatic rings. The summed E-state index contributed by atoms with van der Waals surface area (Å²) in [5, 5.41) is 3.46. The number of pyridine rings is 1. The van der Waals surface area contributed by atoms with Crippen LogP contribution >= 0.6 is 0 Å². The van der Waals surface area contributed by atoms with E-state index in [1.54, 1.807) is 0 Å². The van der Waals surface area contributed by atoms with Crippen LogP contribution in [0.3, 0.4) is 0 Å².